The zero-order chi connectivity index (χ0) is 13.8. The van der Waals surface area contributed by atoms with Crippen LogP contribution in [0.3, 0.4) is 0 Å². The number of benzene rings is 1. The minimum absolute atomic E-state index is 0.120. The lowest BCUT2D eigenvalue weighted by Crippen LogP contribution is -2.33. The molecule has 0 aliphatic heterocycles. The number of hydrogen-bond donors (Lipinski definition) is 2. The number of ether oxygens (including phenoxy) is 1. The van der Waals surface area contributed by atoms with Gasteiger partial charge in [0.2, 0.25) is 0 Å². The Morgan fingerprint density at radius 2 is 1.83 bits per heavy atom. The normalized spacial score (nSPS) is 15.1. The summed E-state index contributed by atoms with van der Waals surface area (Å²) < 4.78 is 28.4. The first-order valence-electron chi connectivity index (χ1n) is 5.60. The standard InChI is InChI=1S/C12H18O5S/c1-3-18(15,16)11(8-13)12(14)9-4-6-10(17-2)7-5-9/h4-7,11-14H,3,8H2,1-2H3/t11-,12+/m1/s1. The molecule has 102 valence electrons. The summed E-state index contributed by atoms with van der Waals surface area (Å²) in [6.07, 6.45) is -1.24. The topological polar surface area (TPSA) is 83.8 Å². The first-order valence-corrected chi connectivity index (χ1v) is 7.32. The molecular weight excluding hydrogens is 256 g/mol. The lowest BCUT2D eigenvalue weighted by Gasteiger charge is -2.21. The highest BCUT2D eigenvalue weighted by Gasteiger charge is 2.31. The van der Waals surface area contributed by atoms with E-state index in [-0.39, 0.29) is 5.75 Å². The molecule has 0 bridgehead atoms. The van der Waals surface area contributed by atoms with Gasteiger partial charge in [0.25, 0.3) is 0 Å². The van der Waals surface area contributed by atoms with E-state index in [2.05, 4.69) is 0 Å². The van der Waals surface area contributed by atoms with Gasteiger partial charge in [-0.2, -0.15) is 0 Å². The third-order valence-corrected chi connectivity index (χ3v) is 4.99. The van der Waals surface area contributed by atoms with Crippen LogP contribution in [0, 0.1) is 0 Å². The highest BCUT2D eigenvalue weighted by atomic mass is 32.2. The third kappa shape index (κ3) is 3.22. The van der Waals surface area contributed by atoms with Gasteiger partial charge in [-0.3, -0.25) is 0 Å². The molecule has 0 saturated carbocycles. The maximum absolute atomic E-state index is 11.7. The summed E-state index contributed by atoms with van der Waals surface area (Å²) in [7, 11) is -1.99. The Labute approximate surface area is 107 Å². The van der Waals surface area contributed by atoms with Crippen LogP contribution in [0.15, 0.2) is 24.3 Å². The average Bonchev–Trinajstić information content (AvgIpc) is 2.39. The molecule has 0 aliphatic carbocycles. The van der Waals surface area contributed by atoms with Crippen molar-refractivity contribution in [2.45, 2.75) is 18.3 Å². The fraction of sp³-hybridized carbons (Fsp3) is 0.500. The Bertz CT molecular complexity index is 466. The Morgan fingerprint density at radius 3 is 2.22 bits per heavy atom. The number of sulfone groups is 1. The number of rotatable bonds is 6. The van der Waals surface area contributed by atoms with Crippen molar-refractivity contribution in [1.82, 2.24) is 0 Å². The van der Waals surface area contributed by atoms with Crippen LogP contribution in [0.5, 0.6) is 5.75 Å². The van der Waals surface area contributed by atoms with Gasteiger partial charge in [-0.05, 0) is 17.7 Å². The minimum atomic E-state index is -3.50. The molecule has 1 rings (SSSR count). The molecule has 5 nitrogen and oxygen atoms in total. The molecule has 6 heteroatoms. The average molecular weight is 274 g/mol. The Balaban J connectivity index is 3.00. The van der Waals surface area contributed by atoms with Crippen LogP contribution in [-0.4, -0.2) is 43.4 Å². The lowest BCUT2D eigenvalue weighted by atomic mass is 10.1. The minimum Gasteiger partial charge on any atom is -0.497 e. The van der Waals surface area contributed by atoms with Crippen LogP contribution in [0.1, 0.15) is 18.6 Å². The molecule has 0 unspecified atom stereocenters. The van der Waals surface area contributed by atoms with E-state index >= 15 is 0 Å². The molecule has 0 saturated heterocycles. The van der Waals surface area contributed by atoms with Gasteiger partial charge in [-0.15, -0.1) is 0 Å². The number of methoxy groups -OCH3 is 1. The molecule has 0 fully saturated rings. The van der Waals surface area contributed by atoms with Gasteiger partial charge in [0.1, 0.15) is 11.0 Å². The number of aliphatic hydroxyl groups excluding tert-OH is 2. The summed E-state index contributed by atoms with van der Waals surface area (Å²) in [5, 5.41) is 18.0. The van der Waals surface area contributed by atoms with Crippen LogP contribution in [0.2, 0.25) is 0 Å². The van der Waals surface area contributed by atoms with E-state index in [1.54, 1.807) is 24.3 Å². The van der Waals surface area contributed by atoms with Crippen molar-refractivity contribution in [2.24, 2.45) is 0 Å². The Kier molecular flexibility index (Phi) is 5.13. The summed E-state index contributed by atoms with van der Waals surface area (Å²) >= 11 is 0. The maximum atomic E-state index is 11.7. The van der Waals surface area contributed by atoms with E-state index in [1.165, 1.54) is 14.0 Å². The zero-order valence-electron chi connectivity index (χ0n) is 10.4. The second-order valence-electron chi connectivity index (χ2n) is 3.89. The fourth-order valence-electron chi connectivity index (χ4n) is 1.64. The monoisotopic (exact) mass is 274 g/mol. The molecule has 0 spiro atoms. The largest absolute Gasteiger partial charge is 0.497 e. The zero-order valence-corrected chi connectivity index (χ0v) is 11.2. The second-order valence-corrected chi connectivity index (χ2v) is 6.40. The fourth-order valence-corrected chi connectivity index (χ4v) is 2.84. The summed E-state index contributed by atoms with van der Waals surface area (Å²) in [6, 6.07) is 6.42. The number of hydrogen-bond acceptors (Lipinski definition) is 5. The van der Waals surface area contributed by atoms with Gasteiger partial charge >= 0.3 is 0 Å². The highest BCUT2D eigenvalue weighted by Crippen LogP contribution is 2.24. The Hall–Kier alpha value is -1.11. The summed E-state index contributed by atoms with van der Waals surface area (Å²) in [5.74, 6) is 0.496. The molecule has 1 aromatic carbocycles. The first-order chi connectivity index (χ1) is 8.46. The molecule has 0 aliphatic rings. The predicted octanol–water partition coefficient (Wildman–Crippen LogP) is 0.524. The first kappa shape index (κ1) is 14.9. The molecule has 0 aromatic heterocycles. The van der Waals surface area contributed by atoms with E-state index in [9.17, 15) is 13.5 Å². The van der Waals surface area contributed by atoms with Crippen LogP contribution in [0.4, 0.5) is 0 Å². The third-order valence-electron chi connectivity index (χ3n) is 2.85. The molecular formula is C12H18O5S. The van der Waals surface area contributed by atoms with E-state index < -0.39 is 27.8 Å². The van der Waals surface area contributed by atoms with Gasteiger partial charge in [0.05, 0.1) is 19.8 Å². The molecule has 2 atom stereocenters. The molecule has 1 aromatic rings. The van der Waals surface area contributed by atoms with Crippen molar-refractivity contribution in [3.05, 3.63) is 29.8 Å². The van der Waals surface area contributed by atoms with E-state index in [4.69, 9.17) is 9.84 Å². The smallest absolute Gasteiger partial charge is 0.158 e. The van der Waals surface area contributed by atoms with Crippen molar-refractivity contribution >= 4 is 9.84 Å². The van der Waals surface area contributed by atoms with E-state index in [1.807, 2.05) is 0 Å². The van der Waals surface area contributed by atoms with Crippen molar-refractivity contribution < 1.29 is 23.4 Å². The molecule has 2 N–H and O–H groups in total. The van der Waals surface area contributed by atoms with Crippen LogP contribution >= 0.6 is 0 Å². The SMILES string of the molecule is CCS(=O)(=O)[C@H](CO)[C@@H](O)c1ccc(OC)cc1. The Morgan fingerprint density at radius 1 is 1.28 bits per heavy atom. The van der Waals surface area contributed by atoms with Crippen molar-refractivity contribution in [3.8, 4) is 5.75 Å². The highest BCUT2D eigenvalue weighted by molar-refractivity contribution is 7.92. The van der Waals surface area contributed by atoms with Gasteiger partial charge in [0, 0.05) is 5.75 Å². The van der Waals surface area contributed by atoms with Crippen molar-refractivity contribution in [3.63, 3.8) is 0 Å². The second kappa shape index (κ2) is 6.17. The van der Waals surface area contributed by atoms with Crippen molar-refractivity contribution in [1.29, 1.82) is 0 Å². The van der Waals surface area contributed by atoms with Crippen LogP contribution in [0.25, 0.3) is 0 Å². The van der Waals surface area contributed by atoms with Gasteiger partial charge in [-0.25, -0.2) is 8.42 Å². The van der Waals surface area contributed by atoms with Crippen LogP contribution in [-0.2, 0) is 9.84 Å². The number of aliphatic hydroxyl groups is 2. The maximum Gasteiger partial charge on any atom is 0.158 e. The van der Waals surface area contributed by atoms with Gasteiger partial charge < -0.3 is 14.9 Å². The lowest BCUT2D eigenvalue weighted by molar-refractivity contribution is 0.138. The van der Waals surface area contributed by atoms with E-state index in [0.717, 1.165) is 0 Å². The van der Waals surface area contributed by atoms with Crippen molar-refractivity contribution in [2.75, 3.05) is 19.5 Å². The molecule has 18 heavy (non-hydrogen) atoms. The van der Waals surface area contributed by atoms with Gasteiger partial charge in [-0.1, -0.05) is 19.1 Å². The summed E-state index contributed by atoms with van der Waals surface area (Å²) in [4.78, 5) is 0. The summed E-state index contributed by atoms with van der Waals surface area (Å²) in [6.45, 7) is 0.877. The molecule has 0 radical (unpaired) electrons. The van der Waals surface area contributed by atoms with Crippen LogP contribution < -0.4 is 4.74 Å². The summed E-state index contributed by atoms with van der Waals surface area (Å²) in [5.41, 5.74) is 0.437. The molecule has 0 amide bonds. The molecule has 0 heterocycles. The quantitative estimate of drug-likeness (QED) is 0.790. The van der Waals surface area contributed by atoms with E-state index in [0.29, 0.717) is 11.3 Å². The van der Waals surface area contributed by atoms with Gasteiger partial charge in [0.15, 0.2) is 9.84 Å². The predicted molar refractivity (Wildman–Crippen MR) is 68.3 cm³/mol.